The van der Waals surface area contributed by atoms with E-state index in [4.69, 9.17) is 4.74 Å². The Morgan fingerprint density at radius 3 is 2.81 bits per heavy atom. The van der Waals surface area contributed by atoms with Crippen LogP contribution in [0.4, 0.5) is 0 Å². The van der Waals surface area contributed by atoms with E-state index in [1.807, 2.05) is 61.5 Å². The van der Waals surface area contributed by atoms with E-state index in [1.54, 1.807) is 11.6 Å². The van der Waals surface area contributed by atoms with Crippen molar-refractivity contribution >= 4 is 33.7 Å². The van der Waals surface area contributed by atoms with Gasteiger partial charge in [0.05, 0.1) is 6.54 Å². The summed E-state index contributed by atoms with van der Waals surface area (Å²) in [6, 6.07) is 13.6. The van der Waals surface area contributed by atoms with Gasteiger partial charge in [0.2, 0.25) is 0 Å². The smallest absolute Gasteiger partial charge is 0.329 e. The Balaban J connectivity index is 1.62. The van der Waals surface area contributed by atoms with Crippen molar-refractivity contribution in [3.05, 3.63) is 75.5 Å². The predicted octanol–water partition coefficient (Wildman–Crippen LogP) is 2.68. The highest BCUT2D eigenvalue weighted by Crippen LogP contribution is 2.26. The third-order valence-corrected chi connectivity index (χ3v) is 6.02. The minimum Gasteiger partial charge on any atom is -0.490 e. The summed E-state index contributed by atoms with van der Waals surface area (Å²) in [5.41, 5.74) is -0.532. The second-order valence-corrected chi connectivity index (χ2v) is 8.30. The number of rotatable bonds is 8. The standard InChI is InChI=1S/C23H24N4O4S/c1-3-4-12-32-23-24-20-19(21(29)25-22(30)26(20)2)27(23)13-16(28)14-31-18-11-7-9-15-8-5-6-10-17(15)18/h3-11,16,28H,12-14H2,1-2H3,(H,25,29,30)/b4-3-/t16-/m0/s1. The third kappa shape index (κ3) is 4.35. The number of aliphatic hydroxyl groups is 1. The second-order valence-electron chi connectivity index (χ2n) is 7.32. The number of nitrogens with zero attached hydrogens (tertiary/aromatic N) is 3. The van der Waals surface area contributed by atoms with E-state index >= 15 is 0 Å². The molecule has 0 amide bonds. The number of hydrogen-bond donors (Lipinski definition) is 2. The Morgan fingerprint density at radius 2 is 2.00 bits per heavy atom. The van der Waals surface area contributed by atoms with Crippen LogP contribution in [-0.4, -0.2) is 42.7 Å². The molecule has 0 aliphatic heterocycles. The molecule has 2 aromatic carbocycles. The summed E-state index contributed by atoms with van der Waals surface area (Å²) in [4.78, 5) is 31.4. The van der Waals surface area contributed by atoms with Gasteiger partial charge in [0, 0.05) is 18.2 Å². The molecule has 0 spiro atoms. The van der Waals surface area contributed by atoms with Crippen molar-refractivity contribution in [3.63, 3.8) is 0 Å². The molecule has 9 heteroatoms. The number of fused-ring (bicyclic) bond motifs is 2. The van der Waals surface area contributed by atoms with Crippen LogP contribution in [0.1, 0.15) is 6.92 Å². The van der Waals surface area contributed by atoms with E-state index in [9.17, 15) is 14.7 Å². The molecule has 4 rings (SSSR count). The van der Waals surface area contributed by atoms with Crippen LogP contribution in [0.3, 0.4) is 0 Å². The monoisotopic (exact) mass is 452 g/mol. The number of imidazole rings is 1. The van der Waals surface area contributed by atoms with E-state index in [0.29, 0.717) is 16.7 Å². The number of aromatic nitrogens is 4. The topological polar surface area (TPSA) is 102 Å². The number of aromatic amines is 1. The van der Waals surface area contributed by atoms with Gasteiger partial charge >= 0.3 is 5.69 Å². The van der Waals surface area contributed by atoms with Crippen molar-refractivity contribution in [2.75, 3.05) is 12.4 Å². The molecule has 2 N–H and O–H groups in total. The average molecular weight is 453 g/mol. The summed E-state index contributed by atoms with van der Waals surface area (Å²) in [7, 11) is 1.55. The first-order chi connectivity index (χ1) is 15.5. The minimum absolute atomic E-state index is 0.0380. The van der Waals surface area contributed by atoms with Crippen molar-refractivity contribution in [2.24, 2.45) is 7.05 Å². The molecule has 0 aliphatic rings. The maximum absolute atomic E-state index is 12.6. The van der Waals surface area contributed by atoms with Gasteiger partial charge in [-0.15, -0.1) is 0 Å². The van der Waals surface area contributed by atoms with Gasteiger partial charge in [-0.2, -0.15) is 0 Å². The Labute approximate surface area is 188 Å². The van der Waals surface area contributed by atoms with Crippen LogP contribution in [0.25, 0.3) is 21.9 Å². The molecule has 0 fully saturated rings. The molecule has 2 heterocycles. The first kappa shape index (κ1) is 21.9. The summed E-state index contributed by atoms with van der Waals surface area (Å²) >= 11 is 1.42. The molecule has 0 saturated heterocycles. The van der Waals surface area contributed by atoms with Gasteiger partial charge in [-0.3, -0.25) is 14.3 Å². The SMILES string of the molecule is C/C=C\CSc1nc2c(c(=O)[nH]c(=O)n2C)n1C[C@H](O)COc1cccc2ccccc12. The fourth-order valence-corrected chi connectivity index (χ4v) is 4.39. The van der Waals surface area contributed by atoms with Gasteiger partial charge < -0.3 is 14.4 Å². The zero-order chi connectivity index (χ0) is 22.7. The number of ether oxygens (including phenoxy) is 1. The van der Waals surface area contributed by atoms with E-state index in [0.717, 1.165) is 10.8 Å². The molecule has 0 radical (unpaired) electrons. The molecule has 8 nitrogen and oxygen atoms in total. The van der Waals surface area contributed by atoms with Crippen LogP contribution < -0.4 is 16.0 Å². The summed E-state index contributed by atoms with van der Waals surface area (Å²) < 4.78 is 8.86. The molecule has 2 aromatic heterocycles. The summed E-state index contributed by atoms with van der Waals surface area (Å²) in [6.45, 7) is 2.06. The second kappa shape index (κ2) is 9.46. The Kier molecular flexibility index (Phi) is 6.48. The molecule has 0 bridgehead atoms. The summed E-state index contributed by atoms with van der Waals surface area (Å²) in [6.07, 6.45) is 3.00. The normalized spacial score (nSPS) is 12.7. The van der Waals surface area contributed by atoms with Crippen molar-refractivity contribution < 1.29 is 9.84 Å². The number of thioether (sulfide) groups is 1. The fourth-order valence-electron chi connectivity index (χ4n) is 3.48. The number of nitrogens with one attached hydrogen (secondary N) is 1. The highest BCUT2D eigenvalue weighted by Gasteiger charge is 2.20. The lowest BCUT2D eigenvalue weighted by atomic mass is 10.1. The van der Waals surface area contributed by atoms with Gasteiger partial charge in [-0.25, -0.2) is 9.78 Å². The molecule has 1 atom stereocenters. The molecular formula is C23H24N4O4S. The number of hydrogen-bond acceptors (Lipinski definition) is 6. The van der Waals surface area contributed by atoms with E-state index in [1.165, 1.54) is 16.3 Å². The fraction of sp³-hybridized carbons (Fsp3) is 0.261. The largest absolute Gasteiger partial charge is 0.490 e. The first-order valence-corrected chi connectivity index (χ1v) is 11.2. The number of benzene rings is 2. The predicted molar refractivity (Wildman–Crippen MR) is 127 cm³/mol. The van der Waals surface area contributed by atoms with Gasteiger partial charge in [-0.05, 0) is 18.4 Å². The highest BCUT2D eigenvalue weighted by atomic mass is 32.2. The Bertz CT molecular complexity index is 1400. The molecule has 0 aliphatic carbocycles. The van der Waals surface area contributed by atoms with Crippen LogP contribution in [0.2, 0.25) is 0 Å². The van der Waals surface area contributed by atoms with Gasteiger partial charge in [0.15, 0.2) is 16.3 Å². The van der Waals surface area contributed by atoms with Crippen molar-refractivity contribution in [1.29, 1.82) is 0 Å². The molecule has 0 saturated carbocycles. The van der Waals surface area contributed by atoms with Crippen molar-refractivity contribution in [1.82, 2.24) is 19.1 Å². The van der Waals surface area contributed by atoms with E-state index in [-0.39, 0.29) is 24.3 Å². The quantitative estimate of drug-likeness (QED) is 0.315. The average Bonchev–Trinajstić information content (AvgIpc) is 3.15. The first-order valence-electron chi connectivity index (χ1n) is 10.2. The highest BCUT2D eigenvalue weighted by molar-refractivity contribution is 7.99. The number of aryl methyl sites for hydroxylation is 1. The molecule has 0 unspecified atom stereocenters. The van der Waals surface area contributed by atoms with Crippen molar-refractivity contribution in [2.45, 2.75) is 24.7 Å². The van der Waals surface area contributed by atoms with Crippen molar-refractivity contribution in [3.8, 4) is 5.75 Å². The van der Waals surface area contributed by atoms with Crippen LogP contribution >= 0.6 is 11.8 Å². The molecule has 32 heavy (non-hydrogen) atoms. The lowest BCUT2D eigenvalue weighted by Gasteiger charge is -2.16. The summed E-state index contributed by atoms with van der Waals surface area (Å²) in [5.74, 6) is 1.33. The third-order valence-electron chi connectivity index (χ3n) is 5.09. The van der Waals surface area contributed by atoms with Gasteiger partial charge in [0.1, 0.15) is 18.5 Å². The lowest BCUT2D eigenvalue weighted by molar-refractivity contribution is 0.0921. The maximum Gasteiger partial charge on any atom is 0.329 e. The van der Waals surface area contributed by atoms with Crippen LogP contribution in [0.5, 0.6) is 5.75 Å². The zero-order valence-electron chi connectivity index (χ0n) is 17.8. The summed E-state index contributed by atoms with van der Waals surface area (Å²) in [5, 5.41) is 13.3. The van der Waals surface area contributed by atoms with Crippen LogP contribution in [-0.2, 0) is 13.6 Å². The lowest BCUT2D eigenvalue weighted by Crippen LogP contribution is -2.30. The molecule has 4 aromatic rings. The molecular weight excluding hydrogens is 428 g/mol. The maximum atomic E-state index is 12.6. The zero-order valence-corrected chi connectivity index (χ0v) is 18.6. The number of allylic oxidation sites excluding steroid dienone is 1. The number of H-pyrrole nitrogens is 1. The van der Waals surface area contributed by atoms with Gasteiger partial charge in [-0.1, -0.05) is 60.3 Å². The minimum atomic E-state index is -0.899. The Morgan fingerprint density at radius 1 is 1.22 bits per heavy atom. The van der Waals surface area contributed by atoms with E-state index in [2.05, 4.69) is 9.97 Å². The van der Waals surface area contributed by atoms with Crippen LogP contribution in [0.15, 0.2) is 69.4 Å². The van der Waals surface area contributed by atoms with Crippen LogP contribution in [0, 0.1) is 0 Å². The Hall–Kier alpha value is -3.30. The van der Waals surface area contributed by atoms with E-state index < -0.39 is 17.4 Å². The number of aliphatic hydroxyl groups excluding tert-OH is 1. The van der Waals surface area contributed by atoms with Gasteiger partial charge in [0.25, 0.3) is 5.56 Å². The molecule has 166 valence electrons.